The van der Waals surface area contributed by atoms with E-state index in [9.17, 15) is 14.0 Å². The summed E-state index contributed by atoms with van der Waals surface area (Å²) in [6.45, 7) is 5.51. The number of carbonyl (C=O) groups excluding carboxylic acids is 2. The Morgan fingerprint density at radius 3 is 2.55 bits per heavy atom. The van der Waals surface area contributed by atoms with E-state index in [-0.39, 0.29) is 29.9 Å². The lowest BCUT2D eigenvalue weighted by Crippen LogP contribution is -2.24. The molecule has 0 bridgehead atoms. The van der Waals surface area contributed by atoms with Crippen LogP contribution in [0.3, 0.4) is 0 Å². The highest BCUT2D eigenvalue weighted by molar-refractivity contribution is 9.10. The number of anilines is 1. The van der Waals surface area contributed by atoms with Gasteiger partial charge in [0.1, 0.15) is 11.1 Å². The average molecular weight is 392 g/mol. The largest absolute Gasteiger partial charge is 0.468 e. The van der Waals surface area contributed by atoms with E-state index in [1.807, 2.05) is 13.8 Å². The molecule has 7 heteroatoms. The van der Waals surface area contributed by atoms with Crippen LogP contribution in [-0.2, 0) is 14.3 Å². The van der Waals surface area contributed by atoms with Crippen LogP contribution in [0.15, 0.2) is 21.5 Å². The van der Waals surface area contributed by atoms with E-state index in [2.05, 4.69) is 21.2 Å². The van der Waals surface area contributed by atoms with Crippen LogP contribution in [-0.4, -0.2) is 24.2 Å². The lowest BCUT2D eigenvalue weighted by molar-refractivity contribution is -0.140. The van der Waals surface area contributed by atoms with E-state index in [0.717, 1.165) is 0 Å². The number of benzene rings is 1. The van der Waals surface area contributed by atoms with Crippen molar-refractivity contribution in [1.82, 2.24) is 0 Å². The number of hydrogen-bond donors (Lipinski definition) is 1. The van der Waals surface area contributed by atoms with Gasteiger partial charge in [0.25, 0.3) is 0 Å². The molecule has 0 heterocycles. The fourth-order valence-corrected chi connectivity index (χ4v) is 3.35. The molecule has 0 aromatic heterocycles. The van der Waals surface area contributed by atoms with E-state index in [1.165, 1.54) is 31.0 Å². The Bertz CT molecular complexity index is 566. The molecular weight excluding hydrogens is 373 g/mol. The van der Waals surface area contributed by atoms with Gasteiger partial charge in [0.15, 0.2) is 0 Å². The first-order chi connectivity index (χ1) is 10.3. The molecule has 22 heavy (non-hydrogen) atoms. The zero-order valence-electron chi connectivity index (χ0n) is 12.9. The van der Waals surface area contributed by atoms with Gasteiger partial charge in [-0.05, 0) is 34.0 Å². The molecule has 0 spiro atoms. The molecule has 1 N–H and O–H groups in total. The molecule has 1 unspecified atom stereocenters. The van der Waals surface area contributed by atoms with Gasteiger partial charge >= 0.3 is 5.97 Å². The Hall–Kier alpha value is -1.08. The third-order valence-corrected chi connectivity index (χ3v) is 5.41. The number of hydrogen-bond acceptors (Lipinski definition) is 4. The fraction of sp³-hybridized carbons (Fsp3) is 0.467. The van der Waals surface area contributed by atoms with Crippen LogP contribution in [0, 0.1) is 11.7 Å². The van der Waals surface area contributed by atoms with Crippen molar-refractivity contribution in [2.45, 2.75) is 37.3 Å². The molecular formula is C15H19BrFNO3S. The average Bonchev–Trinajstić information content (AvgIpc) is 2.47. The maximum Gasteiger partial charge on any atom is 0.319 e. The summed E-state index contributed by atoms with van der Waals surface area (Å²) >= 11 is 4.56. The summed E-state index contributed by atoms with van der Waals surface area (Å²) in [5.41, 5.74) is 0.102. The number of carbonyl (C=O) groups is 2. The molecule has 0 aliphatic heterocycles. The summed E-state index contributed by atoms with van der Waals surface area (Å²) in [5, 5.41) is 2.09. The number of thioether (sulfide) groups is 1. The van der Waals surface area contributed by atoms with Gasteiger partial charge in [-0.2, -0.15) is 0 Å². The van der Waals surface area contributed by atoms with E-state index in [0.29, 0.717) is 9.37 Å². The van der Waals surface area contributed by atoms with Crippen LogP contribution in [0.25, 0.3) is 0 Å². The number of nitrogens with one attached hydrogen (secondary N) is 1. The van der Waals surface area contributed by atoms with Crippen LogP contribution in [0.1, 0.15) is 27.2 Å². The molecule has 0 aliphatic carbocycles. The predicted octanol–water partition coefficient (Wildman–Crippen LogP) is 4.23. The van der Waals surface area contributed by atoms with Gasteiger partial charge in [0.2, 0.25) is 5.91 Å². The lowest BCUT2D eigenvalue weighted by atomic mass is 10.1. The highest BCUT2D eigenvalue weighted by atomic mass is 79.9. The number of esters is 1. The molecule has 1 atom stereocenters. The van der Waals surface area contributed by atoms with Crippen LogP contribution >= 0.6 is 27.7 Å². The Morgan fingerprint density at radius 1 is 1.41 bits per heavy atom. The molecule has 4 nitrogen and oxygen atoms in total. The van der Waals surface area contributed by atoms with E-state index in [4.69, 9.17) is 4.74 Å². The molecule has 0 saturated carbocycles. The number of rotatable bonds is 6. The Labute approximate surface area is 142 Å². The molecule has 0 aliphatic rings. The molecule has 1 rings (SSSR count). The van der Waals surface area contributed by atoms with Crippen LogP contribution in [0.4, 0.5) is 10.1 Å². The molecule has 1 aromatic carbocycles. The Kier molecular flexibility index (Phi) is 7.35. The minimum absolute atomic E-state index is 0.0445. The molecule has 0 radical (unpaired) electrons. The third-order valence-electron chi connectivity index (χ3n) is 2.91. The third kappa shape index (κ3) is 4.98. The van der Waals surface area contributed by atoms with Gasteiger partial charge in [-0.1, -0.05) is 20.8 Å². The molecule has 1 aromatic rings. The van der Waals surface area contributed by atoms with Crippen molar-refractivity contribution in [1.29, 1.82) is 0 Å². The summed E-state index contributed by atoms with van der Waals surface area (Å²) in [7, 11) is 1.34. The van der Waals surface area contributed by atoms with Crippen LogP contribution in [0.5, 0.6) is 0 Å². The number of amides is 1. The van der Waals surface area contributed by atoms with Gasteiger partial charge in [0.05, 0.1) is 12.8 Å². The topological polar surface area (TPSA) is 55.4 Å². The smallest absolute Gasteiger partial charge is 0.319 e. The summed E-state index contributed by atoms with van der Waals surface area (Å²) < 4.78 is 19.2. The van der Waals surface area contributed by atoms with Gasteiger partial charge in [-0.3, -0.25) is 9.59 Å². The highest BCUT2D eigenvalue weighted by Gasteiger charge is 2.25. The van der Waals surface area contributed by atoms with Crippen molar-refractivity contribution < 1.29 is 18.7 Å². The van der Waals surface area contributed by atoms with Gasteiger partial charge < -0.3 is 10.1 Å². The van der Waals surface area contributed by atoms with E-state index < -0.39 is 11.1 Å². The second kappa shape index (κ2) is 8.53. The first-order valence-electron chi connectivity index (χ1n) is 6.83. The zero-order valence-corrected chi connectivity index (χ0v) is 15.3. The van der Waals surface area contributed by atoms with Gasteiger partial charge in [-0.25, -0.2) is 4.39 Å². The molecule has 1 amide bonds. The van der Waals surface area contributed by atoms with Crippen molar-refractivity contribution in [2.75, 3.05) is 12.4 Å². The highest BCUT2D eigenvalue weighted by Crippen LogP contribution is 2.37. The number of methoxy groups -OCH3 is 1. The van der Waals surface area contributed by atoms with Crippen molar-refractivity contribution >= 4 is 45.3 Å². The van der Waals surface area contributed by atoms with Crippen molar-refractivity contribution in [2.24, 2.45) is 5.92 Å². The minimum atomic E-state index is -0.530. The van der Waals surface area contributed by atoms with Crippen LogP contribution in [0.2, 0.25) is 0 Å². The molecule has 122 valence electrons. The summed E-state index contributed by atoms with van der Waals surface area (Å²) in [6, 6.07) is 2.80. The summed E-state index contributed by atoms with van der Waals surface area (Å²) in [6.07, 6.45) is 0.259. The molecule has 0 fully saturated rings. The van der Waals surface area contributed by atoms with Gasteiger partial charge in [-0.15, -0.1) is 11.8 Å². The fourth-order valence-electron chi connectivity index (χ4n) is 1.66. The zero-order chi connectivity index (χ0) is 16.9. The first kappa shape index (κ1) is 19.0. The summed E-state index contributed by atoms with van der Waals surface area (Å²) in [4.78, 5) is 24.0. The monoisotopic (exact) mass is 391 g/mol. The normalized spacial score (nSPS) is 12.1. The number of halogens is 2. The summed E-state index contributed by atoms with van der Waals surface area (Å²) in [5.74, 6) is -1.10. The lowest BCUT2D eigenvalue weighted by Gasteiger charge is -2.19. The van der Waals surface area contributed by atoms with Crippen LogP contribution < -0.4 is 5.32 Å². The number of ether oxygens (including phenoxy) is 1. The minimum Gasteiger partial charge on any atom is -0.468 e. The Balaban J connectivity index is 3.10. The van der Waals surface area contributed by atoms with Gasteiger partial charge in [0, 0.05) is 15.8 Å². The van der Waals surface area contributed by atoms with Crippen molar-refractivity contribution in [3.05, 3.63) is 22.4 Å². The maximum atomic E-state index is 13.9. The van der Waals surface area contributed by atoms with E-state index in [1.54, 1.807) is 6.92 Å². The quantitative estimate of drug-likeness (QED) is 0.582. The second-order valence-corrected chi connectivity index (χ2v) is 7.01. The van der Waals surface area contributed by atoms with Crippen molar-refractivity contribution in [3.8, 4) is 0 Å². The Morgan fingerprint density at radius 2 is 2.05 bits per heavy atom. The first-order valence-corrected chi connectivity index (χ1v) is 8.50. The maximum absolute atomic E-state index is 13.9. The van der Waals surface area contributed by atoms with E-state index >= 15 is 0 Å². The van der Waals surface area contributed by atoms with Crippen molar-refractivity contribution in [3.63, 3.8) is 0 Å². The second-order valence-electron chi connectivity index (χ2n) is 4.97. The predicted molar refractivity (Wildman–Crippen MR) is 89.5 cm³/mol. The molecule has 0 saturated heterocycles. The SMILES string of the molecule is CCC(=O)Nc1cc(SC(C(=O)OC)C(C)C)c(Br)cc1F. The standard InChI is InChI=1S/C15H19BrFNO3S/c1-5-13(19)18-11-7-12(9(16)6-10(11)17)22-14(8(2)3)15(20)21-4/h6-8,14H,5H2,1-4H3,(H,18,19).